The van der Waals surface area contributed by atoms with E-state index in [1.54, 1.807) is 14.1 Å². The first-order valence-corrected chi connectivity index (χ1v) is 7.70. The van der Waals surface area contributed by atoms with Crippen molar-refractivity contribution in [2.75, 3.05) is 32.9 Å². The number of sulfonamides is 1. The second kappa shape index (κ2) is 6.87. The lowest BCUT2D eigenvalue weighted by molar-refractivity contribution is 0.516. The number of hydrogen-bond acceptors (Lipinski definition) is 3. The Morgan fingerprint density at radius 1 is 1.22 bits per heavy atom. The molecule has 0 heterocycles. The molecule has 1 rings (SSSR count). The van der Waals surface area contributed by atoms with Crippen LogP contribution in [-0.2, 0) is 10.0 Å². The quantitative estimate of drug-likeness (QED) is 0.759. The predicted octanol–water partition coefficient (Wildman–Crippen LogP) is 1.27. The minimum atomic E-state index is -3.09. The van der Waals surface area contributed by atoms with Crippen molar-refractivity contribution in [3.05, 3.63) is 35.9 Å². The van der Waals surface area contributed by atoms with Gasteiger partial charge in [-0.25, -0.2) is 12.7 Å². The van der Waals surface area contributed by atoms with Gasteiger partial charge in [-0.15, -0.1) is 0 Å². The standard InChI is InChI=1S/C13H22N2O2S/c1-12(13-7-5-4-6-8-13)11-14-9-10-18(16,17)15(2)3/h4-8,12,14H,9-11H2,1-3H3. The predicted molar refractivity (Wildman–Crippen MR) is 75.2 cm³/mol. The van der Waals surface area contributed by atoms with E-state index >= 15 is 0 Å². The summed E-state index contributed by atoms with van der Waals surface area (Å²) in [6.07, 6.45) is 0. The van der Waals surface area contributed by atoms with Crippen molar-refractivity contribution < 1.29 is 8.42 Å². The fraction of sp³-hybridized carbons (Fsp3) is 0.538. The number of benzene rings is 1. The van der Waals surface area contributed by atoms with E-state index in [1.807, 2.05) is 18.2 Å². The van der Waals surface area contributed by atoms with Gasteiger partial charge in [0.05, 0.1) is 5.75 Å². The molecule has 1 aromatic carbocycles. The van der Waals surface area contributed by atoms with Gasteiger partial charge in [-0.1, -0.05) is 37.3 Å². The minimum Gasteiger partial charge on any atom is -0.315 e. The largest absolute Gasteiger partial charge is 0.315 e. The molecule has 0 aliphatic heterocycles. The maximum Gasteiger partial charge on any atom is 0.214 e. The average Bonchev–Trinajstić information content (AvgIpc) is 2.35. The summed E-state index contributed by atoms with van der Waals surface area (Å²) >= 11 is 0. The van der Waals surface area contributed by atoms with Crippen molar-refractivity contribution in [2.24, 2.45) is 0 Å². The molecule has 102 valence electrons. The van der Waals surface area contributed by atoms with Crippen LogP contribution in [0.25, 0.3) is 0 Å². The molecule has 5 heteroatoms. The van der Waals surface area contributed by atoms with Gasteiger partial charge in [-0.3, -0.25) is 0 Å². The maximum absolute atomic E-state index is 11.5. The lowest BCUT2D eigenvalue weighted by Crippen LogP contribution is -2.32. The minimum absolute atomic E-state index is 0.140. The number of nitrogens with zero attached hydrogens (tertiary/aromatic N) is 1. The van der Waals surface area contributed by atoms with Gasteiger partial charge in [0.1, 0.15) is 0 Å². The Kier molecular flexibility index (Phi) is 5.78. The van der Waals surface area contributed by atoms with Crippen molar-refractivity contribution in [3.8, 4) is 0 Å². The number of hydrogen-bond donors (Lipinski definition) is 1. The Morgan fingerprint density at radius 2 is 1.83 bits per heavy atom. The molecule has 4 nitrogen and oxygen atoms in total. The summed E-state index contributed by atoms with van der Waals surface area (Å²) in [6.45, 7) is 3.40. The van der Waals surface area contributed by atoms with Gasteiger partial charge in [0.2, 0.25) is 10.0 Å². The van der Waals surface area contributed by atoms with Crippen LogP contribution in [0.2, 0.25) is 0 Å². The lowest BCUT2D eigenvalue weighted by atomic mass is 10.0. The monoisotopic (exact) mass is 270 g/mol. The summed E-state index contributed by atoms with van der Waals surface area (Å²) in [4.78, 5) is 0. The highest BCUT2D eigenvalue weighted by molar-refractivity contribution is 7.89. The van der Waals surface area contributed by atoms with Crippen molar-refractivity contribution in [2.45, 2.75) is 12.8 Å². The molecule has 1 aromatic rings. The van der Waals surface area contributed by atoms with Crippen molar-refractivity contribution in [1.82, 2.24) is 9.62 Å². The van der Waals surface area contributed by atoms with Gasteiger partial charge >= 0.3 is 0 Å². The third-order valence-electron chi connectivity index (χ3n) is 2.91. The van der Waals surface area contributed by atoms with Crippen molar-refractivity contribution in [3.63, 3.8) is 0 Å². The summed E-state index contributed by atoms with van der Waals surface area (Å²) in [6, 6.07) is 10.2. The molecule has 1 N–H and O–H groups in total. The molecule has 0 saturated heterocycles. The molecule has 18 heavy (non-hydrogen) atoms. The second-order valence-electron chi connectivity index (χ2n) is 4.61. The zero-order valence-corrected chi connectivity index (χ0v) is 12.1. The normalized spacial score (nSPS) is 13.8. The van der Waals surface area contributed by atoms with Crippen LogP contribution in [0.3, 0.4) is 0 Å². The Bertz CT molecular complexity index is 443. The highest BCUT2D eigenvalue weighted by Crippen LogP contribution is 2.12. The highest BCUT2D eigenvalue weighted by atomic mass is 32.2. The molecule has 1 atom stereocenters. The van der Waals surface area contributed by atoms with Crippen LogP contribution < -0.4 is 5.32 Å². The van der Waals surface area contributed by atoms with Crippen LogP contribution in [0.15, 0.2) is 30.3 Å². The van der Waals surface area contributed by atoms with Crippen LogP contribution in [0, 0.1) is 0 Å². The molecular weight excluding hydrogens is 248 g/mol. The topological polar surface area (TPSA) is 49.4 Å². The van der Waals surface area contributed by atoms with E-state index < -0.39 is 10.0 Å². The molecule has 0 aliphatic carbocycles. The summed E-state index contributed by atoms with van der Waals surface area (Å²) in [7, 11) is 0.0250. The molecule has 1 unspecified atom stereocenters. The SMILES string of the molecule is CC(CNCCS(=O)(=O)N(C)C)c1ccccc1. The molecular formula is C13H22N2O2S. The highest BCUT2D eigenvalue weighted by Gasteiger charge is 2.12. The average molecular weight is 270 g/mol. The van der Waals surface area contributed by atoms with Crippen molar-refractivity contribution in [1.29, 1.82) is 0 Å². The zero-order valence-electron chi connectivity index (χ0n) is 11.3. The molecule has 0 bridgehead atoms. The smallest absolute Gasteiger partial charge is 0.214 e. The van der Waals surface area contributed by atoms with E-state index in [2.05, 4.69) is 24.4 Å². The van der Waals surface area contributed by atoms with Gasteiger partial charge < -0.3 is 5.32 Å². The summed E-state index contributed by atoms with van der Waals surface area (Å²) in [5, 5.41) is 3.19. The molecule has 0 fully saturated rings. The molecule has 0 radical (unpaired) electrons. The third kappa shape index (κ3) is 4.76. The van der Waals surface area contributed by atoms with E-state index in [-0.39, 0.29) is 5.75 Å². The van der Waals surface area contributed by atoms with Crippen LogP contribution >= 0.6 is 0 Å². The van der Waals surface area contributed by atoms with E-state index in [0.717, 1.165) is 6.54 Å². The number of rotatable bonds is 7. The summed E-state index contributed by atoms with van der Waals surface area (Å²) in [5.41, 5.74) is 1.26. The van der Waals surface area contributed by atoms with E-state index in [9.17, 15) is 8.42 Å². The summed E-state index contributed by atoms with van der Waals surface area (Å²) in [5.74, 6) is 0.523. The maximum atomic E-state index is 11.5. The first kappa shape index (κ1) is 15.1. The van der Waals surface area contributed by atoms with E-state index in [4.69, 9.17) is 0 Å². The zero-order chi connectivity index (χ0) is 13.6. The van der Waals surface area contributed by atoms with Crippen LogP contribution in [0.1, 0.15) is 18.4 Å². The Morgan fingerprint density at radius 3 is 2.39 bits per heavy atom. The van der Waals surface area contributed by atoms with Gasteiger partial charge in [-0.05, 0) is 11.5 Å². The molecule has 0 saturated carbocycles. The second-order valence-corrected chi connectivity index (χ2v) is 6.92. The van der Waals surface area contributed by atoms with Crippen molar-refractivity contribution >= 4 is 10.0 Å². The van der Waals surface area contributed by atoms with Gasteiger partial charge in [-0.2, -0.15) is 0 Å². The van der Waals surface area contributed by atoms with Crippen LogP contribution in [-0.4, -0.2) is 45.7 Å². The van der Waals surface area contributed by atoms with Crippen LogP contribution in [0.5, 0.6) is 0 Å². The van der Waals surface area contributed by atoms with Gasteiger partial charge in [0.25, 0.3) is 0 Å². The lowest BCUT2D eigenvalue weighted by Gasteiger charge is -2.14. The Labute approximate surface area is 110 Å². The third-order valence-corrected chi connectivity index (χ3v) is 4.74. The molecule has 0 amide bonds. The van der Waals surface area contributed by atoms with Gasteiger partial charge in [0, 0.05) is 27.2 Å². The number of nitrogens with one attached hydrogen (secondary N) is 1. The molecule has 0 spiro atoms. The Balaban J connectivity index is 2.31. The van der Waals surface area contributed by atoms with Crippen LogP contribution in [0.4, 0.5) is 0 Å². The molecule has 0 aromatic heterocycles. The molecule has 0 aliphatic rings. The fourth-order valence-electron chi connectivity index (χ4n) is 1.60. The Hall–Kier alpha value is -0.910. The summed E-state index contributed by atoms with van der Waals surface area (Å²) < 4.78 is 24.3. The first-order valence-electron chi connectivity index (χ1n) is 6.09. The van der Waals surface area contributed by atoms with E-state index in [0.29, 0.717) is 12.5 Å². The van der Waals surface area contributed by atoms with Gasteiger partial charge in [0.15, 0.2) is 0 Å². The first-order chi connectivity index (χ1) is 8.43. The van der Waals surface area contributed by atoms with E-state index in [1.165, 1.54) is 9.87 Å². The fourth-order valence-corrected chi connectivity index (χ4v) is 2.37.